The van der Waals surface area contributed by atoms with Gasteiger partial charge in [0.05, 0.1) is 60.3 Å². The summed E-state index contributed by atoms with van der Waals surface area (Å²) in [5, 5.41) is 66.3. The number of hydrogen-bond donors (Lipinski definition) is 5. The zero-order valence-electron chi connectivity index (χ0n) is 32.6. The molecule has 6 rings (SSSR count). The fourth-order valence-corrected chi connectivity index (χ4v) is 7.32. The van der Waals surface area contributed by atoms with E-state index in [4.69, 9.17) is 24.3 Å². The molecule has 0 fully saturated rings. The molecule has 0 unspecified atom stereocenters. The summed E-state index contributed by atoms with van der Waals surface area (Å²) in [6.07, 6.45) is 0. The molecule has 316 valence electrons. The average molecular weight is 890 g/mol. The van der Waals surface area contributed by atoms with Gasteiger partial charge in [0, 0.05) is 27.7 Å². The molecule has 0 aliphatic carbocycles. The first-order valence-corrected chi connectivity index (χ1v) is 20.4. The van der Waals surface area contributed by atoms with Crippen LogP contribution in [0.3, 0.4) is 0 Å². The number of phenols is 1. The third-order valence-electron chi connectivity index (χ3n) is 8.75. The van der Waals surface area contributed by atoms with Crippen LogP contribution in [0.25, 0.3) is 10.8 Å². The molecule has 0 heterocycles. The average Bonchev–Trinajstić information content (AvgIpc) is 3.24. The molecule has 0 aliphatic heterocycles. The summed E-state index contributed by atoms with van der Waals surface area (Å²) in [6.45, 7) is 5.34. The third-order valence-corrected chi connectivity index (χ3v) is 10.8. The molecule has 19 nitrogen and oxygen atoms in total. The van der Waals surface area contributed by atoms with E-state index in [0.29, 0.717) is 80.0 Å². The molecule has 0 radical (unpaired) electrons. The van der Waals surface area contributed by atoms with Crippen molar-refractivity contribution in [2.45, 2.75) is 35.5 Å². The number of nitrogens with one attached hydrogen (secondary N) is 1. The second-order valence-corrected chi connectivity index (χ2v) is 15.7. The van der Waals surface area contributed by atoms with Crippen LogP contribution in [0.4, 0.5) is 45.5 Å². The molecule has 0 amide bonds. The van der Waals surface area contributed by atoms with Crippen molar-refractivity contribution in [3.05, 3.63) is 108 Å². The lowest BCUT2D eigenvalue weighted by Gasteiger charge is -2.12. The Morgan fingerprint density at radius 2 is 1.18 bits per heavy atom. The first-order valence-electron chi connectivity index (χ1n) is 17.5. The van der Waals surface area contributed by atoms with Gasteiger partial charge in [0.2, 0.25) is 0 Å². The van der Waals surface area contributed by atoms with E-state index in [9.17, 15) is 18.1 Å². The minimum atomic E-state index is -4.70. The Labute approximate surface area is 356 Å². The number of hydrogen-bond acceptors (Lipinski definition) is 20. The minimum absolute atomic E-state index is 0.0402. The number of fused-ring (bicyclic) bond motifs is 1. The highest BCUT2D eigenvalue weighted by atomic mass is 32.2. The van der Waals surface area contributed by atoms with Crippen molar-refractivity contribution in [1.29, 1.82) is 0 Å². The van der Waals surface area contributed by atoms with Crippen molar-refractivity contribution in [3.63, 3.8) is 0 Å². The van der Waals surface area contributed by atoms with Crippen molar-refractivity contribution >= 4 is 90.5 Å². The molecule has 6 aromatic rings. The monoisotopic (exact) mass is 889 g/mol. The SMILES string of the molecule is COc1ccc(Nc2ccc3c(O)c(N=Nc4cc(C)c(N=Nc5cc(C)c(N=Nc6ccc(SOOO)cc6S(=O)(=O)O)cc5C)cc4OC)c(SOOO)cc3c2)cc1. The first-order chi connectivity index (χ1) is 29.3. The Morgan fingerprint density at radius 3 is 1.79 bits per heavy atom. The standard InChI is InChI=1S/C39H35N7O12S3/c1-21-15-32(22(2)14-31(21)42-41-30-13-11-28(59-57-55-48)19-37(30)61(50,51)52)43-44-33-20-35(54-5)34(16-23(33)3)45-46-38-36(60-58-56-49)18-24-17-26(8-12-29(24)39(38)47)40-25-6-9-27(53-4)10-7-25/h6-20,40,47-49H,1-5H3,(H,50,51,52). The normalized spacial score (nSPS) is 12.0. The van der Waals surface area contributed by atoms with Crippen LogP contribution in [0.2, 0.25) is 0 Å². The van der Waals surface area contributed by atoms with Crippen LogP contribution >= 0.6 is 24.1 Å². The Balaban J connectivity index is 1.24. The maximum absolute atomic E-state index is 12.0. The van der Waals surface area contributed by atoms with Gasteiger partial charge in [-0.25, -0.2) is 10.5 Å². The number of nitrogens with zero attached hydrogens (tertiary/aromatic N) is 6. The van der Waals surface area contributed by atoms with Crippen LogP contribution in [0.15, 0.2) is 136 Å². The summed E-state index contributed by atoms with van der Waals surface area (Å²) < 4.78 is 53.7. The number of phenolic OH excluding ortho intramolecular Hbond substituents is 1. The number of methoxy groups -OCH3 is 2. The molecule has 0 aliphatic rings. The van der Waals surface area contributed by atoms with E-state index in [0.717, 1.165) is 23.2 Å². The highest BCUT2D eigenvalue weighted by Crippen LogP contribution is 2.46. The van der Waals surface area contributed by atoms with E-state index >= 15 is 0 Å². The molecule has 22 heteroatoms. The Hall–Kier alpha value is -6.05. The van der Waals surface area contributed by atoms with Crippen molar-refractivity contribution < 1.29 is 56.8 Å². The molecule has 0 spiro atoms. The van der Waals surface area contributed by atoms with E-state index in [-0.39, 0.29) is 26.9 Å². The van der Waals surface area contributed by atoms with Crippen molar-refractivity contribution in [2.75, 3.05) is 19.5 Å². The number of azo groups is 3. The lowest BCUT2D eigenvalue weighted by Crippen LogP contribution is -1.98. The zero-order chi connectivity index (χ0) is 43.7. The minimum Gasteiger partial charge on any atom is -0.505 e. The summed E-state index contributed by atoms with van der Waals surface area (Å²) in [5.74, 6) is 0.826. The van der Waals surface area contributed by atoms with Gasteiger partial charge in [-0.1, -0.05) is 10.1 Å². The molecule has 0 atom stereocenters. The zero-order valence-corrected chi connectivity index (χ0v) is 35.1. The first kappa shape index (κ1) is 44.5. The molecule has 0 saturated heterocycles. The largest absolute Gasteiger partial charge is 0.505 e. The number of anilines is 2. The maximum Gasteiger partial charge on any atom is 0.296 e. The fourth-order valence-electron chi connectivity index (χ4n) is 5.70. The van der Waals surface area contributed by atoms with Crippen LogP contribution in [0.1, 0.15) is 16.7 Å². The van der Waals surface area contributed by atoms with Gasteiger partial charge in [0.25, 0.3) is 10.1 Å². The molecule has 0 aromatic heterocycles. The summed E-state index contributed by atoms with van der Waals surface area (Å²) in [4.78, 5) is -0.0611. The van der Waals surface area contributed by atoms with Gasteiger partial charge < -0.3 is 19.9 Å². The van der Waals surface area contributed by atoms with E-state index in [1.807, 2.05) is 30.3 Å². The molecular weight excluding hydrogens is 855 g/mol. The lowest BCUT2D eigenvalue weighted by atomic mass is 10.1. The molecule has 0 saturated carbocycles. The summed E-state index contributed by atoms with van der Waals surface area (Å²) >= 11 is 1.13. The van der Waals surface area contributed by atoms with Gasteiger partial charge >= 0.3 is 0 Å². The molecular formula is C39H35N7O12S3. The van der Waals surface area contributed by atoms with Crippen LogP contribution in [0.5, 0.6) is 17.2 Å². The summed E-state index contributed by atoms with van der Waals surface area (Å²) in [6, 6.07) is 25.0. The highest BCUT2D eigenvalue weighted by Gasteiger charge is 2.19. The third kappa shape index (κ3) is 11.0. The number of ether oxygens (including phenoxy) is 2. The molecule has 0 bridgehead atoms. The van der Waals surface area contributed by atoms with E-state index in [1.54, 1.807) is 70.3 Å². The summed E-state index contributed by atoms with van der Waals surface area (Å²) in [7, 11) is -1.65. The Bertz CT molecular complexity index is 2770. The smallest absolute Gasteiger partial charge is 0.296 e. The number of aryl methyl sites for hydroxylation is 3. The molecule has 6 aromatic carbocycles. The maximum atomic E-state index is 12.0. The second-order valence-electron chi connectivity index (χ2n) is 12.8. The number of benzene rings is 6. The second kappa shape index (κ2) is 20.0. The van der Waals surface area contributed by atoms with Crippen LogP contribution in [-0.2, 0) is 28.9 Å². The van der Waals surface area contributed by atoms with Gasteiger partial charge in [-0.15, -0.1) is 24.0 Å². The number of aromatic hydroxyl groups is 1. The van der Waals surface area contributed by atoms with Gasteiger partial charge in [-0.05, 0) is 128 Å². The van der Waals surface area contributed by atoms with Crippen LogP contribution in [-0.4, -0.2) is 42.8 Å². The van der Waals surface area contributed by atoms with Gasteiger partial charge in [0.15, 0.2) is 5.75 Å². The van der Waals surface area contributed by atoms with Crippen molar-refractivity contribution in [3.8, 4) is 17.2 Å². The topological polar surface area (TPSA) is 257 Å². The van der Waals surface area contributed by atoms with Crippen molar-refractivity contribution in [1.82, 2.24) is 0 Å². The van der Waals surface area contributed by atoms with Gasteiger partial charge in [0.1, 0.15) is 33.5 Å². The molecule has 5 N–H and O–H groups in total. The number of rotatable bonds is 17. The van der Waals surface area contributed by atoms with E-state index in [2.05, 4.69) is 50.4 Å². The van der Waals surface area contributed by atoms with Crippen molar-refractivity contribution in [2.24, 2.45) is 30.7 Å². The Morgan fingerprint density at radius 1 is 0.607 bits per heavy atom. The highest BCUT2D eigenvalue weighted by molar-refractivity contribution is 7.95. The van der Waals surface area contributed by atoms with Gasteiger partial charge in [-0.3, -0.25) is 4.55 Å². The molecule has 61 heavy (non-hydrogen) atoms. The lowest BCUT2D eigenvalue weighted by molar-refractivity contribution is -0.432. The van der Waals surface area contributed by atoms with Gasteiger partial charge in [-0.2, -0.15) is 23.8 Å². The quantitative estimate of drug-likeness (QED) is 0.0187. The van der Waals surface area contributed by atoms with E-state index in [1.165, 1.54) is 19.2 Å². The van der Waals surface area contributed by atoms with Crippen LogP contribution < -0.4 is 14.8 Å². The van der Waals surface area contributed by atoms with E-state index < -0.39 is 15.0 Å². The Kier molecular flexibility index (Phi) is 14.6. The van der Waals surface area contributed by atoms with Crippen LogP contribution in [0, 0.1) is 20.8 Å². The predicted molar refractivity (Wildman–Crippen MR) is 226 cm³/mol. The summed E-state index contributed by atoms with van der Waals surface area (Å²) in [5.41, 5.74) is 5.13. The fraction of sp³-hybridized carbons (Fsp3) is 0.128. The predicted octanol–water partition coefficient (Wildman–Crippen LogP) is 12.6.